The van der Waals surface area contributed by atoms with Gasteiger partial charge in [0.2, 0.25) is 5.88 Å². The van der Waals surface area contributed by atoms with E-state index in [0.29, 0.717) is 22.3 Å². The largest absolute Gasteiger partial charge is 0.496 e. The van der Waals surface area contributed by atoms with E-state index >= 15 is 0 Å². The Hall–Kier alpha value is -3.94. The van der Waals surface area contributed by atoms with Crippen LogP contribution in [0.1, 0.15) is 10.5 Å². The average Bonchev–Trinajstić information content (AvgIpc) is 3.30. The molecule has 1 amide bonds. The molecule has 2 aromatic carbocycles. The second kappa shape index (κ2) is 6.75. The summed E-state index contributed by atoms with van der Waals surface area (Å²) >= 11 is 0. The van der Waals surface area contributed by atoms with Crippen molar-refractivity contribution in [2.75, 3.05) is 7.11 Å². The first-order valence-electron chi connectivity index (χ1n) is 8.12. The standard InChI is InChI=1S/C19H15N5O3/c1-27-16-9-5-3-6-11(16)14-10-15(22-21-14)18(25)24-23-17-12-7-2-4-8-13(12)20-19(17)26/h2-10,20,26H,1H3,(H,21,22). The number of methoxy groups -OCH3 is 1. The second-order valence-corrected chi connectivity index (χ2v) is 5.74. The Morgan fingerprint density at radius 2 is 1.93 bits per heavy atom. The van der Waals surface area contributed by atoms with Gasteiger partial charge in [-0.15, -0.1) is 10.2 Å². The van der Waals surface area contributed by atoms with Gasteiger partial charge in [0.15, 0.2) is 5.69 Å². The van der Waals surface area contributed by atoms with E-state index in [1.165, 1.54) is 0 Å². The van der Waals surface area contributed by atoms with Gasteiger partial charge in [-0.05, 0) is 24.3 Å². The van der Waals surface area contributed by atoms with Gasteiger partial charge < -0.3 is 14.8 Å². The quantitative estimate of drug-likeness (QED) is 0.472. The fourth-order valence-corrected chi connectivity index (χ4v) is 2.79. The summed E-state index contributed by atoms with van der Waals surface area (Å²) in [6.45, 7) is 0. The summed E-state index contributed by atoms with van der Waals surface area (Å²) in [7, 11) is 1.57. The van der Waals surface area contributed by atoms with Crippen LogP contribution in [0.4, 0.5) is 5.69 Å². The van der Waals surface area contributed by atoms with Crippen molar-refractivity contribution in [2.24, 2.45) is 10.2 Å². The van der Waals surface area contributed by atoms with Gasteiger partial charge in [0.25, 0.3) is 0 Å². The molecule has 4 aromatic rings. The Kier molecular flexibility index (Phi) is 4.13. The number of aromatic nitrogens is 3. The molecular formula is C19H15N5O3. The number of H-pyrrole nitrogens is 2. The molecule has 0 radical (unpaired) electrons. The van der Waals surface area contributed by atoms with Crippen LogP contribution in [0.25, 0.3) is 22.2 Å². The number of nitrogens with one attached hydrogen (secondary N) is 2. The Morgan fingerprint density at radius 1 is 1.15 bits per heavy atom. The van der Waals surface area contributed by atoms with E-state index in [1.54, 1.807) is 25.3 Å². The molecule has 0 aliphatic rings. The normalized spacial score (nSPS) is 11.3. The molecule has 0 bridgehead atoms. The smallest absolute Gasteiger partial charge is 0.313 e. The number of ether oxygens (including phenoxy) is 1. The minimum Gasteiger partial charge on any atom is -0.496 e. The Balaban J connectivity index is 1.61. The third-order valence-corrected chi connectivity index (χ3v) is 4.09. The number of hydrogen-bond acceptors (Lipinski definition) is 5. The summed E-state index contributed by atoms with van der Waals surface area (Å²) in [5, 5.41) is 25.1. The highest BCUT2D eigenvalue weighted by molar-refractivity contribution is 5.96. The predicted octanol–water partition coefficient (Wildman–Crippen LogP) is 4.20. The van der Waals surface area contributed by atoms with Gasteiger partial charge >= 0.3 is 5.91 Å². The van der Waals surface area contributed by atoms with Gasteiger partial charge in [0.05, 0.1) is 18.3 Å². The fourth-order valence-electron chi connectivity index (χ4n) is 2.79. The van der Waals surface area contributed by atoms with Crippen LogP contribution in [0.5, 0.6) is 11.6 Å². The molecule has 0 fully saturated rings. The van der Waals surface area contributed by atoms with Gasteiger partial charge in [0.1, 0.15) is 11.4 Å². The van der Waals surface area contributed by atoms with Crippen LogP contribution in [-0.2, 0) is 0 Å². The molecular weight excluding hydrogens is 346 g/mol. The summed E-state index contributed by atoms with van der Waals surface area (Å²) in [4.78, 5) is 15.1. The number of para-hydroxylation sites is 2. The topological polar surface area (TPSA) is 116 Å². The first-order valence-corrected chi connectivity index (χ1v) is 8.12. The number of carbonyl (C=O) groups excluding carboxylic acids is 1. The van der Waals surface area contributed by atoms with Crippen molar-refractivity contribution >= 4 is 22.5 Å². The third kappa shape index (κ3) is 3.04. The SMILES string of the molecule is COc1ccccc1-c1cc(C(=O)N=Nc2c(O)[nH]c3ccccc23)[nH]n1. The molecule has 0 aliphatic heterocycles. The molecule has 0 saturated carbocycles. The van der Waals surface area contributed by atoms with E-state index in [1.807, 2.05) is 36.4 Å². The van der Waals surface area contributed by atoms with Gasteiger partial charge in [-0.1, -0.05) is 30.3 Å². The van der Waals surface area contributed by atoms with Crippen LogP contribution < -0.4 is 4.74 Å². The van der Waals surface area contributed by atoms with Crippen LogP contribution >= 0.6 is 0 Å². The van der Waals surface area contributed by atoms with E-state index in [0.717, 1.165) is 5.56 Å². The first-order chi connectivity index (χ1) is 13.2. The Bertz CT molecular complexity index is 1160. The van der Waals surface area contributed by atoms with Gasteiger partial charge in [-0.25, -0.2) is 0 Å². The lowest BCUT2D eigenvalue weighted by molar-refractivity contribution is 0.0990. The van der Waals surface area contributed by atoms with Crippen LogP contribution in [-0.4, -0.2) is 33.3 Å². The van der Waals surface area contributed by atoms with Crippen molar-refractivity contribution in [3.63, 3.8) is 0 Å². The van der Waals surface area contributed by atoms with Crippen molar-refractivity contribution in [3.05, 3.63) is 60.3 Å². The average molecular weight is 361 g/mol. The maximum atomic E-state index is 12.3. The number of aromatic hydroxyl groups is 1. The molecule has 0 aliphatic carbocycles. The zero-order valence-electron chi connectivity index (χ0n) is 14.3. The summed E-state index contributed by atoms with van der Waals surface area (Å²) in [5.41, 5.74) is 2.40. The second-order valence-electron chi connectivity index (χ2n) is 5.74. The van der Waals surface area contributed by atoms with Gasteiger partial charge in [-0.2, -0.15) is 5.10 Å². The zero-order valence-corrected chi connectivity index (χ0v) is 14.3. The minimum atomic E-state index is -0.603. The molecule has 8 heteroatoms. The first kappa shape index (κ1) is 16.5. The molecule has 4 rings (SSSR count). The molecule has 134 valence electrons. The lowest BCUT2D eigenvalue weighted by Crippen LogP contribution is -1.93. The lowest BCUT2D eigenvalue weighted by Gasteiger charge is -2.04. The van der Waals surface area contributed by atoms with Crippen molar-refractivity contribution in [3.8, 4) is 22.9 Å². The molecule has 2 aromatic heterocycles. The number of benzene rings is 2. The van der Waals surface area contributed by atoms with Crippen LogP contribution in [0, 0.1) is 0 Å². The molecule has 2 heterocycles. The van der Waals surface area contributed by atoms with Crippen molar-refractivity contribution in [1.29, 1.82) is 0 Å². The number of rotatable bonds is 4. The lowest BCUT2D eigenvalue weighted by atomic mass is 10.1. The number of nitrogens with zero attached hydrogens (tertiary/aromatic N) is 3. The number of aromatic amines is 2. The molecule has 0 atom stereocenters. The number of hydrogen-bond donors (Lipinski definition) is 3. The number of carbonyl (C=O) groups is 1. The van der Waals surface area contributed by atoms with Crippen molar-refractivity contribution in [2.45, 2.75) is 0 Å². The predicted molar refractivity (Wildman–Crippen MR) is 99.4 cm³/mol. The van der Waals surface area contributed by atoms with E-state index in [9.17, 15) is 9.90 Å². The van der Waals surface area contributed by atoms with Gasteiger partial charge in [0, 0.05) is 10.9 Å². The maximum absolute atomic E-state index is 12.3. The number of amides is 1. The monoisotopic (exact) mass is 361 g/mol. The van der Waals surface area contributed by atoms with Crippen LogP contribution in [0.3, 0.4) is 0 Å². The third-order valence-electron chi connectivity index (χ3n) is 4.09. The van der Waals surface area contributed by atoms with E-state index in [-0.39, 0.29) is 17.3 Å². The minimum absolute atomic E-state index is 0.146. The molecule has 0 saturated heterocycles. The van der Waals surface area contributed by atoms with Crippen LogP contribution in [0.15, 0.2) is 64.8 Å². The van der Waals surface area contributed by atoms with E-state index in [4.69, 9.17) is 4.74 Å². The summed E-state index contributed by atoms with van der Waals surface area (Å²) in [6.07, 6.45) is 0. The molecule has 27 heavy (non-hydrogen) atoms. The van der Waals surface area contributed by atoms with Crippen molar-refractivity contribution in [1.82, 2.24) is 15.2 Å². The van der Waals surface area contributed by atoms with Crippen LogP contribution in [0.2, 0.25) is 0 Å². The summed E-state index contributed by atoms with van der Waals surface area (Å²) in [6, 6.07) is 16.1. The highest BCUT2D eigenvalue weighted by Gasteiger charge is 2.15. The number of fused-ring (bicyclic) bond motifs is 1. The highest BCUT2D eigenvalue weighted by Crippen LogP contribution is 2.35. The van der Waals surface area contributed by atoms with Gasteiger partial charge in [-0.3, -0.25) is 9.89 Å². The maximum Gasteiger partial charge on any atom is 0.313 e. The Morgan fingerprint density at radius 3 is 2.78 bits per heavy atom. The molecule has 0 spiro atoms. The Labute approximate surface area is 153 Å². The molecule has 0 unspecified atom stereocenters. The fraction of sp³-hybridized carbons (Fsp3) is 0.0526. The summed E-state index contributed by atoms with van der Waals surface area (Å²) < 4.78 is 5.31. The zero-order chi connectivity index (χ0) is 18.8. The number of azo groups is 1. The summed E-state index contributed by atoms with van der Waals surface area (Å²) in [5.74, 6) is -0.103. The van der Waals surface area contributed by atoms with E-state index < -0.39 is 5.91 Å². The highest BCUT2D eigenvalue weighted by atomic mass is 16.5. The molecule has 3 N–H and O–H groups in total. The van der Waals surface area contributed by atoms with E-state index in [2.05, 4.69) is 25.4 Å². The van der Waals surface area contributed by atoms with Crippen molar-refractivity contribution < 1.29 is 14.6 Å². The molecule has 8 nitrogen and oxygen atoms in total.